The van der Waals surface area contributed by atoms with Gasteiger partial charge in [-0.1, -0.05) is 0 Å². The van der Waals surface area contributed by atoms with Crippen molar-refractivity contribution in [1.29, 1.82) is 0 Å². The number of thioether (sulfide) groups is 1. The lowest BCUT2D eigenvalue weighted by molar-refractivity contribution is 0.258. The van der Waals surface area contributed by atoms with Gasteiger partial charge in [0.05, 0.1) is 25.8 Å². The second kappa shape index (κ2) is 6.62. The summed E-state index contributed by atoms with van der Waals surface area (Å²) in [5.41, 5.74) is 0.964. The summed E-state index contributed by atoms with van der Waals surface area (Å²) in [5.74, 6) is 1.62. The third-order valence-electron chi connectivity index (χ3n) is 2.21. The number of hydrogen-bond donors (Lipinski definition) is 2. The van der Waals surface area contributed by atoms with Crippen LogP contribution in [0.4, 0.5) is 0 Å². The fraction of sp³-hybridized carbons (Fsp3) is 0.455. The highest BCUT2D eigenvalue weighted by Crippen LogP contribution is 2.34. The van der Waals surface area contributed by atoms with E-state index in [9.17, 15) is 0 Å². The van der Waals surface area contributed by atoms with Gasteiger partial charge in [-0.3, -0.25) is 5.32 Å². The Morgan fingerprint density at radius 3 is 2.44 bits per heavy atom. The molecule has 90 valence electrons. The van der Waals surface area contributed by atoms with E-state index in [1.54, 1.807) is 26.0 Å². The molecule has 0 radical (unpaired) electrons. The van der Waals surface area contributed by atoms with Gasteiger partial charge in [0.25, 0.3) is 0 Å². The highest BCUT2D eigenvalue weighted by molar-refractivity contribution is 7.98. The quantitative estimate of drug-likeness (QED) is 0.585. The van der Waals surface area contributed by atoms with E-state index in [4.69, 9.17) is 14.6 Å². The third-order valence-corrected chi connectivity index (χ3v) is 2.97. The van der Waals surface area contributed by atoms with Crippen LogP contribution in [0.15, 0.2) is 17.0 Å². The Morgan fingerprint density at radius 1 is 1.25 bits per heavy atom. The van der Waals surface area contributed by atoms with Crippen LogP contribution in [-0.4, -0.2) is 32.3 Å². The number of rotatable bonds is 6. The van der Waals surface area contributed by atoms with Crippen LogP contribution in [0.25, 0.3) is 0 Å². The van der Waals surface area contributed by atoms with Crippen LogP contribution in [0.1, 0.15) is 5.56 Å². The minimum atomic E-state index is -0.0598. The standard InChI is InChI=1S/C11H17NO3S/c1-14-9-5-11(16-3)10(15-2)4-8(9)6-12-7-13/h4-5,12-13H,6-7H2,1-3H3. The summed E-state index contributed by atoms with van der Waals surface area (Å²) in [7, 11) is 3.28. The Hall–Kier alpha value is -0.910. The first kappa shape index (κ1) is 13.2. The van der Waals surface area contributed by atoms with E-state index in [2.05, 4.69) is 5.32 Å². The molecule has 0 aliphatic heterocycles. The molecule has 0 atom stereocenters. The van der Waals surface area contributed by atoms with Crippen molar-refractivity contribution in [3.05, 3.63) is 17.7 Å². The molecule has 1 aromatic carbocycles. The van der Waals surface area contributed by atoms with Crippen molar-refractivity contribution in [3.8, 4) is 11.5 Å². The first-order chi connectivity index (χ1) is 7.76. The zero-order valence-electron chi connectivity index (χ0n) is 9.74. The number of aliphatic hydroxyl groups excluding tert-OH is 1. The zero-order chi connectivity index (χ0) is 12.0. The van der Waals surface area contributed by atoms with Crippen molar-refractivity contribution in [1.82, 2.24) is 5.32 Å². The molecule has 0 unspecified atom stereocenters. The summed E-state index contributed by atoms with van der Waals surface area (Å²) < 4.78 is 10.6. The Balaban J connectivity index is 3.05. The van der Waals surface area contributed by atoms with Gasteiger partial charge in [-0.15, -0.1) is 11.8 Å². The van der Waals surface area contributed by atoms with Crippen molar-refractivity contribution in [2.45, 2.75) is 11.4 Å². The number of benzene rings is 1. The Morgan fingerprint density at radius 2 is 1.94 bits per heavy atom. The molecule has 0 saturated heterocycles. The first-order valence-electron chi connectivity index (χ1n) is 4.87. The smallest absolute Gasteiger partial charge is 0.132 e. The van der Waals surface area contributed by atoms with Crippen LogP contribution in [0.2, 0.25) is 0 Å². The molecule has 0 saturated carbocycles. The van der Waals surface area contributed by atoms with Gasteiger partial charge in [0.2, 0.25) is 0 Å². The second-order valence-electron chi connectivity index (χ2n) is 3.10. The number of ether oxygens (including phenoxy) is 2. The van der Waals surface area contributed by atoms with E-state index < -0.39 is 0 Å². The fourth-order valence-corrected chi connectivity index (χ4v) is 1.99. The normalized spacial score (nSPS) is 10.2. The maximum atomic E-state index is 8.73. The lowest BCUT2D eigenvalue weighted by atomic mass is 10.2. The maximum Gasteiger partial charge on any atom is 0.132 e. The Bertz CT molecular complexity index is 344. The molecule has 0 heterocycles. The highest BCUT2D eigenvalue weighted by Gasteiger charge is 2.10. The molecular weight excluding hydrogens is 226 g/mol. The molecule has 0 aliphatic rings. The number of methoxy groups -OCH3 is 2. The fourth-order valence-electron chi connectivity index (χ4n) is 1.42. The van der Waals surface area contributed by atoms with E-state index in [1.807, 2.05) is 18.4 Å². The molecule has 5 heteroatoms. The average Bonchev–Trinajstić information content (AvgIpc) is 2.35. The average molecular weight is 243 g/mol. The predicted molar refractivity (Wildman–Crippen MR) is 65.3 cm³/mol. The molecule has 0 aromatic heterocycles. The molecule has 0 spiro atoms. The lowest BCUT2D eigenvalue weighted by Gasteiger charge is -2.13. The molecule has 2 N–H and O–H groups in total. The summed E-state index contributed by atoms with van der Waals surface area (Å²) in [6.45, 7) is 0.487. The molecule has 0 bridgehead atoms. The van der Waals surface area contributed by atoms with Gasteiger partial charge in [0.15, 0.2) is 0 Å². The van der Waals surface area contributed by atoms with Crippen molar-refractivity contribution in [2.24, 2.45) is 0 Å². The predicted octanol–water partition coefficient (Wildman–Crippen LogP) is 1.47. The summed E-state index contributed by atoms with van der Waals surface area (Å²) in [5, 5.41) is 11.6. The van der Waals surface area contributed by atoms with Crippen LogP contribution in [-0.2, 0) is 6.54 Å². The highest BCUT2D eigenvalue weighted by atomic mass is 32.2. The number of nitrogens with one attached hydrogen (secondary N) is 1. The van der Waals surface area contributed by atoms with Gasteiger partial charge in [-0.05, 0) is 18.4 Å². The van der Waals surface area contributed by atoms with Gasteiger partial charge in [-0.2, -0.15) is 0 Å². The van der Waals surface area contributed by atoms with Crippen molar-refractivity contribution < 1.29 is 14.6 Å². The molecule has 1 rings (SSSR count). The van der Waals surface area contributed by atoms with E-state index in [1.165, 1.54) is 0 Å². The van der Waals surface area contributed by atoms with Crippen molar-refractivity contribution >= 4 is 11.8 Å². The zero-order valence-corrected chi connectivity index (χ0v) is 10.6. The molecule has 0 aliphatic carbocycles. The molecular formula is C11H17NO3S. The molecule has 1 aromatic rings. The van der Waals surface area contributed by atoms with Gasteiger partial charge >= 0.3 is 0 Å². The molecule has 16 heavy (non-hydrogen) atoms. The van der Waals surface area contributed by atoms with Crippen LogP contribution >= 0.6 is 11.8 Å². The van der Waals surface area contributed by atoms with Crippen LogP contribution in [0.3, 0.4) is 0 Å². The van der Waals surface area contributed by atoms with Crippen LogP contribution in [0, 0.1) is 0 Å². The second-order valence-corrected chi connectivity index (χ2v) is 3.95. The van der Waals surface area contributed by atoms with E-state index in [0.717, 1.165) is 22.0 Å². The summed E-state index contributed by atoms with van der Waals surface area (Å²) in [6, 6.07) is 3.87. The SMILES string of the molecule is COc1cc(SC)c(OC)cc1CNCO. The Kier molecular flexibility index (Phi) is 5.45. The Labute approximate surface area is 100.0 Å². The topological polar surface area (TPSA) is 50.7 Å². The largest absolute Gasteiger partial charge is 0.496 e. The van der Waals surface area contributed by atoms with E-state index in [-0.39, 0.29) is 6.73 Å². The minimum absolute atomic E-state index is 0.0598. The lowest BCUT2D eigenvalue weighted by Crippen LogP contribution is -2.14. The maximum absolute atomic E-state index is 8.73. The summed E-state index contributed by atoms with van der Waals surface area (Å²) in [6.07, 6.45) is 1.99. The molecule has 0 amide bonds. The number of hydrogen-bond acceptors (Lipinski definition) is 5. The van der Waals surface area contributed by atoms with E-state index in [0.29, 0.717) is 6.54 Å². The third kappa shape index (κ3) is 3.04. The van der Waals surface area contributed by atoms with E-state index >= 15 is 0 Å². The van der Waals surface area contributed by atoms with Gasteiger partial charge in [-0.25, -0.2) is 0 Å². The minimum Gasteiger partial charge on any atom is -0.496 e. The number of aliphatic hydroxyl groups is 1. The van der Waals surface area contributed by atoms with Crippen LogP contribution < -0.4 is 14.8 Å². The summed E-state index contributed by atoms with van der Waals surface area (Å²) >= 11 is 1.61. The van der Waals surface area contributed by atoms with Crippen molar-refractivity contribution in [2.75, 3.05) is 27.2 Å². The summed E-state index contributed by atoms with van der Waals surface area (Å²) in [4.78, 5) is 1.03. The molecule has 0 fully saturated rings. The van der Waals surface area contributed by atoms with Gasteiger partial charge in [0.1, 0.15) is 11.5 Å². The molecule has 4 nitrogen and oxygen atoms in total. The van der Waals surface area contributed by atoms with Crippen LogP contribution in [0.5, 0.6) is 11.5 Å². The first-order valence-corrected chi connectivity index (χ1v) is 6.09. The van der Waals surface area contributed by atoms with Gasteiger partial charge in [0, 0.05) is 12.1 Å². The monoisotopic (exact) mass is 243 g/mol. The van der Waals surface area contributed by atoms with Gasteiger partial charge < -0.3 is 14.6 Å². The van der Waals surface area contributed by atoms with Crippen molar-refractivity contribution in [3.63, 3.8) is 0 Å².